The summed E-state index contributed by atoms with van der Waals surface area (Å²) >= 11 is 0. The van der Waals surface area contributed by atoms with E-state index in [2.05, 4.69) is 87.8 Å². The van der Waals surface area contributed by atoms with Gasteiger partial charge in [0.25, 0.3) is 0 Å². The third-order valence-corrected chi connectivity index (χ3v) is 7.19. The summed E-state index contributed by atoms with van der Waals surface area (Å²) in [6.07, 6.45) is 0. The molecule has 0 heterocycles. The molecule has 5 heteroatoms. The fourth-order valence-electron chi connectivity index (χ4n) is 1.75. The van der Waals surface area contributed by atoms with Crippen LogP contribution in [0.3, 0.4) is 0 Å². The van der Waals surface area contributed by atoms with Crippen LogP contribution in [-0.2, 0) is 18.6 Å². The van der Waals surface area contributed by atoms with Crippen LogP contribution in [0.25, 0.3) is 0 Å². The molecule has 2 rings (SSSR count). The summed E-state index contributed by atoms with van der Waals surface area (Å²) in [6.45, 7) is 14.2. The van der Waals surface area contributed by atoms with Crippen molar-refractivity contribution in [3.05, 3.63) is 48.5 Å². The quantitative estimate of drug-likeness (QED) is 0.404. The Labute approximate surface area is 157 Å². The summed E-state index contributed by atoms with van der Waals surface area (Å²) in [7, 11) is -1.96. The minimum absolute atomic E-state index is 0. The average Bonchev–Trinajstić information content (AvgIpc) is 2.91. The van der Waals surface area contributed by atoms with Crippen LogP contribution >= 0.6 is 0 Å². The van der Waals surface area contributed by atoms with Crippen molar-refractivity contribution in [2.75, 3.05) is 0 Å². The number of hydrogen-bond donors (Lipinski definition) is 0. The van der Waals surface area contributed by atoms with E-state index in [4.69, 9.17) is 0 Å². The van der Waals surface area contributed by atoms with Gasteiger partial charge < -0.3 is 24.8 Å². The van der Waals surface area contributed by atoms with Gasteiger partial charge in [-0.05, 0) is 0 Å². The van der Waals surface area contributed by atoms with Crippen molar-refractivity contribution in [1.82, 2.24) is 0 Å². The van der Waals surface area contributed by atoms with E-state index in [0.717, 1.165) is 0 Å². The van der Waals surface area contributed by atoms with Gasteiger partial charge in [0, 0.05) is 16.1 Å². The summed E-state index contributed by atoms with van der Waals surface area (Å²) in [6, 6.07) is 17.4. The van der Waals surface area contributed by atoms with Crippen LogP contribution in [0, 0.1) is 0 Å². The Balaban J connectivity index is -0.000000270. The molecule has 21 heavy (non-hydrogen) atoms. The molecule has 1 radical (unpaired) electrons. The van der Waals surface area contributed by atoms with Gasteiger partial charge in [-0.3, -0.25) is 0 Å². The van der Waals surface area contributed by atoms with E-state index in [-0.39, 0.29) is 43.4 Å². The number of hydrogen-bond acceptors (Lipinski definition) is 0. The second-order valence-corrected chi connectivity index (χ2v) is 17.0. The topological polar surface area (TPSA) is 0 Å². The Morgan fingerprint density at radius 1 is 0.524 bits per heavy atom. The Bertz CT molecular complexity index is 393. The fraction of sp³-hybridized carbons (Fsp3) is 0.375. The second-order valence-electron chi connectivity index (χ2n) is 6.85. The van der Waals surface area contributed by atoms with Crippen molar-refractivity contribution in [2.24, 2.45) is 0 Å². The minimum Gasteiger partial charge on any atom is -1.00 e. The standard InChI is InChI=1S/2C8H13Si.2ClH.V/c2*1-9(2,3)8-6-4-5-7-8;;;/h2*4-7H,1-3H3;2*1H;/q2*-1;;;+4/p-2. The van der Waals surface area contributed by atoms with Crippen molar-refractivity contribution in [2.45, 2.75) is 39.3 Å². The monoisotopic (exact) mass is 395 g/mol. The zero-order valence-electron chi connectivity index (χ0n) is 13.8. The first-order valence-corrected chi connectivity index (χ1v) is 13.7. The van der Waals surface area contributed by atoms with Gasteiger partial charge >= 0.3 is 18.6 Å². The SMILES string of the molecule is C[Si](C)(C)[c-]1cccc1.C[Si](C)(C)[c-]1cccc1.[Cl-].[Cl-].[V+4]. The summed E-state index contributed by atoms with van der Waals surface area (Å²) in [4.78, 5) is 0. The van der Waals surface area contributed by atoms with E-state index < -0.39 is 16.1 Å². The fourth-order valence-corrected chi connectivity index (χ4v) is 4.13. The predicted octanol–water partition coefficient (Wildman–Crippen LogP) is -2.09. The van der Waals surface area contributed by atoms with Crippen molar-refractivity contribution in [3.8, 4) is 0 Å². The summed E-state index contributed by atoms with van der Waals surface area (Å²) < 4.78 is 0. The van der Waals surface area contributed by atoms with Gasteiger partial charge in [0.2, 0.25) is 0 Å². The molecule has 2 aromatic carbocycles. The van der Waals surface area contributed by atoms with Crippen LogP contribution < -0.4 is 35.2 Å². The molecular formula is C16H26Cl2Si2V. The van der Waals surface area contributed by atoms with E-state index in [0.29, 0.717) is 0 Å². The molecule has 0 unspecified atom stereocenters. The maximum atomic E-state index is 2.36. The molecule has 0 aliphatic rings. The maximum absolute atomic E-state index is 2.36. The van der Waals surface area contributed by atoms with E-state index in [1.807, 2.05) is 0 Å². The van der Waals surface area contributed by atoms with Gasteiger partial charge in [-0.25, -0.2) is 24.3 Å². The molecule has 0 amide bonds. The molecule has 0 saturated carbocycles. The molecule has 117 valence electrons. The van der Waals surface area contributed by atoms with Gasteiger partial charge in [0.15, 0.2) is 0 Å². The average molecular weight is 396 g/mol. The van der Waals surface area contributed by atoms with E-state index >= 15 is 0 Å². The molecule has 0 fully saturated rings. The van der Waals surface area contributed by atoms with Gasteiger partial charge in [-0.2, -0.15) is 34.6 Å². The Hall–Kier alpha value is 0.298. The van der Waals surface area contributed by atoms with Crippen molar-refractivity contribution >= 4 is 26.5 Å². The van der Waals surface area contributed by atoms with Crippen LogP contribution in [0.4, 0.5) is 0 Å². The zero-order valence-corrected chi connectivity index (χ0v) is 18.7. The van der Waals surface area contributed by atoms with Crippen molar-refractivity contribution in [3.63, 3.8) is 0 Å². The number of rotatable bonds is 2. The number of halogens is 2. The van der Waals surface area contributed by atoms with Gasteiger partial charge in [-0.1, -0.05) is 39.3 Å². The minimum atomic E-state index is -0.981. The predicted molar refractivity (Wildman–Crippen MR) is 90.0 cm³/mol. The van der Waals surface area contributed by atoms with E-state index in [9.17, 15) is 0 Å². The van der Waals surface area contributed by atoms with Gasteiger partial charge in [-0.15, -0.1) is 0 Å². The Morgan fingerprint density at radius 3 is 0.810 bits per heavy atom. The van der Waals surface area contributed by atoms with Crippen LogP contribution in [0.5, 0.6) is 0 Å². The molecule has 0 saturated heterocycles. The molecule has 0 aromatic heterocycles. The van der Waals surface area contributed by atoms with Crippen LogP contribution in [0.15, 0.2) is 48.5 Å². The molecule has 0 atom stereocenters. The summed E-state index contributed by atoms with van der Waals surface area (Å²) in [5.74, 6) is 0. The molecule has 0 bridgehead atoms. The van der Waals surface area contributed by atoms with Gasteiger partial charge in [0.1, 0.15) is 0 Å². The summed E-state index contributed by atoms with van der Waals surface area (Å²) in [5.41, 5.74) is 0. The molecular weight excluding hydrogens is 370 g/mol. The third-order valence-electron chi connectivity index (χ3n) is 3.06. The second kappa shape index (κ2) is 10.9. The maximum Gasteiger partial charge on any atom is 4.00 e. The Kier molecular flexibility index (Phi) is 13.6. The summed E-state index contributed by atoms with van der Waals surface area (Å²) in [5, 5.41) is 3.12. The molecule has 0 nitrogen and oxygen atoms in total. The van der Waals surface area contributed by atoms with Crippen LogP contribution in [-0.4, -0.2) is 16.1 Å². The van der Waals surface area contributed by atoms with E-state index in [1.165, 1.54) is 0 Å². The van der Waals surface area contributed by atoms with Crippen LogP contribution in [0.2, 0.25) is 39.3 Å². The largest absolute Gasteiger partial charge is 4.00 e. The first-order valence-electron chi connectivity index (χ1n) is 6.65. The molecule has 2 aromatic rings. The molecule has 0 aliphatic carbocycles. The third kappa shape index (κ3) is 9.83. The molecule has 0 spiro atoms. The molecule has 0 N–H and O–H groups in total. The Morgan fingerprint density at radius 2 is 0.714 bits per heavy atom. The molecule has 0 aliphatic heterocycles. The van der Waals surface area contributed by atoms with Crippen molar-refractivity contribution in [1.29, 1.82) is 0 Å². The zero-order chi connectivity index (χ0) is 13.8. The first-order chi connectivity index (χ1) is 8.21. The normalized spacial score (nSPS) is 10.2. The van der Waals surface area contributed by atoms with E-state index in [1.54, 1.807) is 10.4 Å². The smallest absolute Gasteiger partial charge is 1.00 e. The van der Waals surface area contributed by atoms with Crippen molar-refractivity contribution < 1.29 is 43.4 Å². The first kappa shape index (κ1) is 26.2. The van der Waals surface area contributed by atoms with Crippen LogP contribution in [0.1, 0.15) is 0 Å². The van der Waals surface area contributed by atoms with Gasteiger partial charge in [0.05, 0.1) is 0 Å².